The van der Waals surface area contributed by atoms with Gasteiger partial charge in [-0.15, -0.1) is 0 Å². The van der Waals surface area contributed by atoms with Crippen LogP contribution in [-0.2, 0) is 18.3 Å². The number of anilines is 1. The third-order valence-corrected chi connectivity index (χ3v) is 5.61. The Kier molecular flexibility index (Phi) is 7.50. The molecular formula is C27H26N6O2. The van der Waals surface area contributed by atoms with Crippen molar-refractivity contribution >= 4 is 11.7 Å². The number of amides is 1. The number of aromatic nitrogens is 3. The van der Waals surface area contributed by atoms with Gasteiger partial charge in [0, 0.05) is 42.7 Å². The van der Waals surface area contributed by atoms with Gasteiger partial charge in [0.15, 0.2) is 0 Å². The lowest BCUT2D eigenvalue weighted by atomic mass is 10.0. The van der Waals surface area contributed by atoms with Crippen molar-refractivity contribution in [3.05, 3.63) is 95.9 Å². The summed E-state index contributed by atoms with van der Waals surface area (Å²) >= 11 is 0. The van der Waals surface area contributed by atoms with Gasteiger partial charge in [-0.25, -0.2) is 4.98 Å². The topological polar surface area (TPSA) is 105 Å². The van der Waals surface area contributed by atoms with Crippen LogP contribution >= 0.6 is 0 Å². The van der Waals surface area contributed by atoms with Crippen LogP contribution in [0.25, 0.3) is 11.1 Å². The summed E-state index contributed by atoms with van der Waals surface area (Å²) in [6.45, 7) is 0.551. The van der Waals surface area contributed by atoms with Gasteiger partial charge in [0.2, 0.25) is 5.91 Å². The maximum Gasteiger partial charge on any atom is 0.247 e. The van der Waals surface area contributed by atoms with Gasteiger partial charge in [0.1, 0.15) is 17.6 Å². The Hall–Kier alpha value is -4.48. The second-order valence-electron chi connectivity index (χ2n) is 8.01. The number of pyridine rings is 1. The highest BCUT2D eigenvalue weighted by atomic mass is 16.5. The fourth-order valence-electron chi connectivity index (χ4n) is 3.76. The predicted octanol–water partition coefficient (Wildman–Crippen LogP) is 3.87. The quantitative estimate of drug-likeness (QED) is 0.388. The van der Waals surface area contributed by atoms with Crippen molar-refractivity contribution in [2.24, 2.45) is 7.05 Å². The number of nitrogens with one attached hydrogen (secondary N) is 2. The molecular weight excluding hydrogens is 440 g/mol. The molecule has 1 atom stereocenters. The highest BCUT2D eigenvalue weighted by Gasteiger charge is 2.23. The first-order valence-corrected chi connectivity index (χ1v) is 11.2. The summed E-state index contributed by atoms with van der Waals surface area (Å²) < 4.78 is 7.24. The first-order chi connectivity index (χ1) is 17.1. The Morgan fingerprint density at radius 2 is 1.89 bits per heavy atom. The van der Waals surface area contributed by atoms with E-state index in [1.54, 1.807) is 42.4 Å². The maximum atomic E-state index is 13.3. The van der Waals surface area contributed by atoms with E-state index >= 15 is 0 Å². The van der Waals surface area contributed by atoms with Crippen molar-refractivity contribution in [3.63, 3.8) is 0 Å². The molecule has 0 spiro atoms. The fourth-order valence-corrected chi connectivity index (χ4v) is 3.76. The summed E-state index contributed by atoms with van der Waals surface area (Å²) in [6, 6.07) is 20.0. The number of para-hydroxylation sites is 1. The summed E-state index contributed by atoms with van der Waals surface area (Å²) in [5.74, 6) is 0.839. The van der Waals surface area contributed by atoms with Crippen molar-refractivity contribution in [2.45, 2.75) is 12.5 Å². The van der Waals surface area contributed by atoms with E-state index in [9.17, 15) is 4.79 Å². The minimum atomic E-state index is -0.649. The largest absolute Gasteiger partial charge is 0.496 e. The summed E-state index contributed by atoms with van der Waals surface area (Å²) in [7, 11) is 3.45. The lowest BCUT2D eigenvalue weighted by Gasteiger charge is -2.21. The van der Waals surface area contributed by atoms with Gasteiger partial charge in [-0.2, -0.15) is 10.4 Å². The summed E-state index contributed by atoms with van der Waals surface area (Å²) in [6.07, 6.45) is 6.08. The van der Waals surface area contributed by atoms with E-state index in [0.717, 1.165) is 22.3 Å². The third-order valence-electron chi connectivity index (χ3n) is 5.61. The first-order valence-electron chi connectivity index (χ1n) is 11.2. The second-order valence-corrected chi connectivity index (χ2v) is 8.01. The number of rotatable bonds is 9. The third kappa shape index (κ3) is 5.91. The fraction of sp³-hybridized carbons (Fsp3) is 0.185. The van der Waals surface area contributed by atoms with Crippen LogP contribution < -0.4 is 15.4 Å². The van der Waals surface area contributed by atoms with Crippen LogP contribution in [0, 0.1) is 11.3 Å². The normalized spacial score (nSPS) is 11.5. The molecule has 176 valence electrons. The minimum Gasteiger partial charge on any atom is -0.496 e. The van der Waals surface area contributed by atoms with E-state index < -0.39 is 6.04 Å². The van der Waals surface area contributed by atoms with Crippen LogP contribution in [0.15, 0.2) is 79.3 Å². The molecule has 0 aliphatic heterocycles. The van der Waals surface area contributed by atoms with Gasteiger partial charge in [0.25, 0.3) is 0 Å². The number of benzene rings is 2. The van der Waals surface area contributed by atoms with Crippen molar-refractivity contribution in [1.29, 1.82) is 5.26 Å². The molecule has 8 nitrogen and oxygen atoms in total. The number of nitrogens with zero attached hydrogens (tertiary/aromatic N) is 4. The van der Waals surface area contributed by atoms with Crippen molar-refractivity contribution in [3.8, 4) is 22.9 Å². The van der Waals surface area contributed by atoms with E-state index in [2.05, 4.69) is 26.8 Å². The number of carbonyl (C=O) groups excluding carboxylic acids is 1. The summed E-state index contributed by atoms with van der Waals surface area (Å²) in [4.78, 5) is 17.8. The van der Waals surface area contributed by atoms with E-state index in [1.165, 1.54) is 0 Å². The van der Waals surface area contributed by atoms with E-state index in [0.29, 0.717) is 30.1 Å². The van der Waals surface area contributed by atoms with E-state index in [1.807, 2.05) is 55.7 Å². The molecule has 4 aromatic rings. The Bertz CT molecular complexity index is 1320. The molecule has 2 heterocycles. The van der Waals surface area contributed by atoms with E-state index in [4.69, 9.17) is 10.00 Å². The predicted molar refractivity (Wildman–Crippen MR) is 134 cm³/mol. The first kappa shape index (κ1) is 23.7. The Balaban J connectivity index is 1.48. The van der Waals surface area contributed by atoms with Crippen LogP contribution in [-0.4, -0.2) is 34.3 Å². The molecule has 0 aliphatic carbocycles. The smallest absolute Gasteiger partial charge is 0.247 e. The van der Waals surface area contributed by atoms with Gasteiger partial charge in [-0.05, 0) is 42.3 Å². The number of hydrogen-bond donors (Lipinski definition) is 2. The van der Waals surface area contributed by atoms with Gasteiger partial charge < -0.3 is 15.4 Å². The number of carbonyl (C=O) groups is 1. The van der Waals surface area contributed by atoms with Crippen molar-refractivity contribution in [1.82, 2.24) is 20.1 Å². The van der Waals surface area contributed by atoms with Crippen molar-refractivity contribution < 1.29 is 9.53 Å². The van der Waals surface area contributed by atoms with Gasteiger partial charge in [0.05, 0.1) is 24.9 Å². The standard InChI is InChI=1S/C27H26N6O2/c1-33-18-22(17-31-33)21-11-12-25(30-16-21)32-27(34)26(23-5-3-4-6-24(23)35-2)29-14-13-19-7-9-20(15-28)10-8-19/h3-12,16-18,26,29H,13-14H2,1-2H3,(H,30,32,34). The number of ether oxygens (including phenoxy) is 1. The highest BCUT2D eigenvalue weighted by Crippen LogP contribution is 2.26. The molecule has 0 bridgehead atoms. The molecule has 0 radical (unpaired) electrons. The Labute approximate surface area is 204 Å². The number of nitriles is 1. The summed E-state index contributed by atoms with van der Waals surface area (Å²) in [5, 5.41) is 19.4. The molecule has 2 aromatic carbocycles. The van der Waals surface area contributed by atoms with Crippen molar-refractivity contribution in [2.75, 3.05) is 19.0 Å². The van der Waals surface area contributed by atoms with Crippen LogP contribution in [0.3, 0.4) is 0 Å². The molecule has 0 fully saturated rings. The average molecular weight is 467 g/mol. The van der Waals surface area contributed by atoms with Crippen LogP contribution in [0.5, 0.6) is 5.75 Å². The van der Waals surface area contributed by atoms with Gasteiger partial charge in [-0.3, -0.25) is 9.48 Å². The molecule has 1 amide bonds. The lowest BCUT2D eigenvalue weighted by molar-refractivity contribution is -0.118. The van der Waals surface area contributed by atoms with E-state index in [-0.39, 0.29) is 5.91 Å². The lowest BCUT2D eigenvalue weighted by Crippen LogP contribution is -2.34. The Morgan fingerprint density at radius 3 is 2.54 bits per heavy atom. The molecule has 0 saturated heterocycles. The zero-order valence-corrected chi connectivity index (χ0v) is 19.6. The molecule has 35 heavy (non-hydrogen) atoms. The molecule has 4 rings (SSSR count). The second kappa shape index (κ2) is 11.1. The van der Waals surface area contributed by atoms with Gasteiger partial charge >= 0.3 is 0 Å². The molecule has 1 unspecified atom stereocenters. The molecule has 2 aromatic heterocycles. The Morgan fingerprint density at radius 1 is 1.09 bits per heavy atom. The zero-order valence-electron chi connectivity index (χ0n) is 19.6. The van der Waals surface area contributed by atoms with Crippen LogP contribution in [0.4, 0.5) is 5.82 Å². The molecule has 0 aliphatic rings. The van der Waals surface area contributed by atoms with Gasteiger partial charge in [-0.1, -0.05) is 30.3 Å². The number of aryl methyl sites for hydroxylation is 1. The van der Waals surface area contributed by atoms with Crippen LogP contribution in [0.2, 0.25) is 0 Å². The highest BCUT2D eigenvalue weighted by molar-refractivity contribution is 5.95. The summed E-state index contributed by atoms with van der Waals surface area (Å²) in [5.41, 5.74) is 4.30. The monoisotopic (exact) mass is 466 g/mol. The molecule has 0 saturated carbocycles. The average Bonchev–Trinajstić information content (AvgIpc) is 3.33. The molecule has 2 N–H and O–H groups in total. The maximum absolute atomic E-state index is 13.3. The number of methoxy groups -OCH3 is 1. The van der Waals surface area contributed by atoms with Crippen LogP contribution in [0.1, 0.15) is 22.7 Å². The zero-order chi connectivity index (χ0) is 24.6. The SMILES string of the molecule is COc1ccccc1C(NCCc1ccc(C#N)cc1)C(=O)Nc1ccc(-c2cnn(C)c2)cn1. The number of hydrogen-bond acceptors (Lipinski definition) is 6. The molecule has 8 heteroatoms. The minimum absolute atomic E-state index is 0.240.